The van der Waals surface area contributed by atoms with Gasteiger partial charge < -0.3 is 4.74 Å². The predicted molar refractivity (Wildman–Crippen MR) is 67.2 cm³/mol. The number of anilines is 1. The molecule has 1 rings (SSSR count). The molecule has 0 aliphatic carbocycles. The Bertz CT molecular complexity index is 454. The molecule has 0 atom stereocenters. The number of rotatable bonds is 2. The molecule has 94 valence electrons. The van der Waals surface area contributed by atoms with Gasteiger partial charge in [-0.1, -0.05) is 22.9 Å². The van der Waals surface area contributed by atoms with Crippen LogP contribution in [0.1, 0.15) is 30.4 Å². The number of ether oxygens (including phenoxy) is 1. The molecule has 1 N–H and O–H groups in total. The van der Waals surface area contributed by atoms with Crippen molar-refractivity contribution in [2.75, 3.05) is 5.32 Å². The van der Waals surface area contributed by atoms with Crippen molar-refractivity contribution < 1.29 is 14.3 Å². The van der Waals surface area contributed by atoms with Crippen molar-refractivity contribution in [2.24, 2.45) is 0 Å². The van der Waals surface area contributed by atoms with Crippen molar-refractivity contribution in [1.82, 2.24) is 4.98 Å². The van der Waals surface area contributed by atoms with E-state index in [4.69, 9.17) is 27.9 Å². The van der Waals surface area contributed by atoms with Gasteiger partial charge in [-0.2, -0.15) is 0 Å². The van der Waals surface area contributed by atoms with E-state index < -0.39 is 16.9 Å². The molecular weight excluding hydrogens is 287 g/mol. The summed E-state index contributed by atoms with van der Waals surface area (Å²) in [7, 11) is 0. The van der Waals surface area contributed by atoms with Crippen LogP contribution in [0.25, 0.3) is 0 Å². The van der Waals surface area contributed by atoms with E-state index in [1.807, 2.05) is 0 Å². The highest BCUT2D eigenvalue weighted by molar-refractivity contribution is 7.19. The summed E-state index contributed by atoms with van der Waals surface area (Å²) in [6.45, 7) is 5.19. The SMILES string of the molecule is CC(C)(C)OC(=O)Nc1nc(Cl)c(C(=O)Cl)s1. The van der Waals surface area contributed by atoms with E-state index in [9.17, 15) is 9.59 Å². The molecule has 1 aromatic heterocycles. The third kappa shape index (κ3) is 4.49. The van der Waals surface area contributed by atoms with Gasteiger partial charge >= 0.3 is 6.09 Å². The zero-order chi connectivity index (χ0) is 13.2. The van der Waals surface area contributed by atoms with Crippen LogP contribution in [0.15, 0.2) is 0 Å². The molecule has 0 saturated carbocycles. The number of nitrogens with one attached hydrogen (secondary N) is 1. The maximum absolute atomic E-state index is 11.4. The highest BCUT2D eigenvalue weighted by Crippen LogP contribution is 2.28. The molecule has 8 heteroatoms. The van der Waals surface area contributed by atoms with Crippen LogP contribution in [0.4, 0.5) is 9.93 Å². The lowest BCUT2D eigenvalue weighted by atomic mass is 10.2. The Morgan fingerprint density at radius 2 is 2.00 bits per heavy atom. The molecule has 0 aliphatic heterocycles. The zero-order valence-electron chi connectivity index (χ0n) is 9.34. The fourth-order valence-electron chi connectivity index (χ4n) is 0.867. The topological polar surface area (TPSA) is 68.3 Å². The minimum atomic E-state index is -0.718. The molecule has 1 amide bonds. The van der Waals surface area contributed by atoms with Gasteiger partial charge in [0.05, 0.1) is 0 Å². The van der Waals surface area contributed by atoms with Gasteiger partial charge in [0.25, 0.3) is 5.24 Å². The van der Waals surface area contributed by atoms with Crippen molar-refractivity contribution in [1.29, 1.82) is 0 Å². The van der Waals surface area contributed by atoms with Gasteiger partial charge in [0.15, 0.2) is 10.3 Å². The van der Waals surface area contributed by atoms with Gasteiger partial charge in [0.2, 0.25) is 0 Å². The van der Waals surface area contributed by atoms with Gasteiger partial charge in [-0.05, 0) is 32.4 Å². The van der Waals surface area contributed by atoms with Crippen LogP contribution < -0.4 is 5.32 Å². The molecule has 0 fully saturated rings. The van der Waals surface area contributed by atoms with Crippen molar-refractivity contribution in [2.45, 2.75) is 26.4 Å². The Morgan fingerprint density at radius 3 is 2.41 bits per heavy atom. The third-order valence-corrected chi connectivity index (χ3v) is 3.03. The van der Waals surface area contributed by atoms with E-state index >= 15 is 0 Å². The monoisotopic (exact) mass is 296 g/mol. The van der Waals surface area contributed by atoms with Crippen LogP contribution in [0.5, 0.6) is 0 Å². The fourth-order valence-corrected chi connectivity index (χ4v) is 2.13. The van der Waals surface area contributed by atoms with E-state index in [0.717, 1.165) is 11.3 Å². The molecule has 17 heavy (non-hydrogen) atoms. The quantitative estimate of drug-likeness (QED) is 0.848. The lowest BCUT2D eigenvalue weighted by molar-refractivity contribution is 0.0635. The molecule has 0 spiro atoms. The second-order valence-corrected chi connectivity index (χ2v) is 5.74. The number of amides is 1. The number of hydrogen-bond donors (Lipinski definition) is 1. The smallest absolute Gasteiger partial charge is 0.413 e. The van der Waals surface area contributed by atoms with E-state index in [-0.39, 0.29) is 15.2 Å². The Kier molecular flexibility index (Phi) is 4.35. The van der Waals surface area contributed by atoms with Crippen LogP contribution in [-0.4, -0.2) is 21.9 Å². The third-order valence-electron chi connectivity index (χ3n) is 1.37. The summed E-state index contributed by atoms with van der Waals surface area (Å²) in [5.41, 5.74) is -0.615. The maximum atomic E-state index is 11.4. The Morgan fingerprint density at radius 1 is 1.41 bits per heavy atom. The fraction of sp³-hybridized carbons (Fsp3) is 0.444. The first-order chi connectivity index (χ1) is 7.69. The van der Waals surface area contributed by atoms with Crippen LogP contribution in [0, 0.1) is 0 Å². The van der Waals surface area contributed by atoms with Gasteiger partial charge in [-0.15, -0.1) is 0 Å². The molecule has 1 aromatic rings. The van der Waals surface area contributed by atoms with E-state index in [0.29, 0.717) is 0 Å². The van der Waals surface area contributed by atoms with Crippen LogP contribution >= 0.6 is 34.5 Å². The molecule has 0 unspecified atom stereocenters. The van der Waals surface area contributed by atoms with Crippen molar-refractivity contribution in [3.05, 3.63) is 10.0 Å². The number of aromatic nitrogens is 1. The lowest BCUT2D eigenvalue weighted by Gasteiger charge is -2.18. The van der Waals surface area contributed by atoms with Crippen molar-refractivity contribution >= 4 is 51.0 Å². The normalized spacial score (nSPS) is 11.1. The minimum Gasteiger partial charge on any atom is -0.444 e. The first-order valence-corrected chi connectivity index (χ1v) is 6.12. The van der Waals surface area contributed by atoms with Crippen molar-refractivity contribution in [3.63, 3.8) is 0 Å². The van der Waals surface area contributed by atoms with E-state index in [1.54, 1.807) is 20.8 Å². The van der Waals surface area contributed by atoms with E-state index in [2.05, 4.69) is 10.3 Å². The number of nitrogens with zero attached hydrogens (tertiary/aromatic N) is 1. The molecule has 0 radical (unpaired) electrons. The minimum absolute atomic E-state index is 0.0407. The molecule has 0 aliphatic rings. The van der Waals surface area contributed by atoms with Gasteiger partial charge in [0, 0.05) is 0 Å². The maximum Gasteiger partial charge on any atom is 0.413 e. The molecular formula is C9H10Cl2N2O3S. The molecule has 0 aromatic carbocycles. The molecule has 0 saturated heterocycles. The van der Waals surface area contributed by atoms with Crippen LogP contribution in [0.2, 0.25) is 5.15 Å². The van der Waals surface area contributed by atoms with Crippen LogP contribution in [-0.2, 0) is 4.74 Å². The Hall–Kier alpha value is -0.850. The van der Waals surface area contributed by atoms with E-state index in [1.165, 1.54) is 0 Å². The number of carbonyl (C=O) groups excluding carboxylic acids is 2. The lowest BCUT2D eigenvalue weighted by Crippen LogP contribution is -2.27. The Labute approximate surface area is 112 Å². The average molecular weight is 297 g/mol. The number of carbonyl (C=O) groups is 2. The second-order valence-electron chi connectivity index (χ2n) is 4.04. The van der Waals surface area contributed by atoms with Crippen LogP contribution in [0.3, 0.4) is 0 Å². The largest absolute Gasteiger partial charge is 0.444 e. The summed E-state index contributed by atoms with van der Waals surface area (Å²) < 4.78 is 5.01. The molecule has 5 nitrogen and oxygen atoms in total. The first kappa shape index (κ1) is 14.2. The predicted octanol–water partition coefficient (Wildman–Crippen LogP) is 3.52. The second kappa shape index (κ2) is 5.20. The summed E-state index contributed by atoms with van der Waals surface area (Å²) >= 11 is 11.8. The highest BCUT2D eigenvalue weighted by atomic mass is 35.5. The number of hydrogen-bond acceptors (Lipinski definition) is 5. The summed E-state index contributed by atoms with van der Waals surface area (Å²) in [5, 5.41) is 1.77. The summed E-state index contributed by atoms with van der Waals surface area (Å²) in [4.78, 5) is 26.1. The standard InChI is InChI=1S/C9H10Cl2N2O3S/c1-9(2,3)16-8(15)13-7-12-5(10)4(17-7)6(11)14/h1-3H3,(H,12,13,15). The van der Waals surface area contributed by atoms with Gasteiger partial charge in [0.1, 0.15) is 10.5 Å². The van der Waals surface area contributed by atoms with Crippen molar-refractivity contribution in [3.8, 4) is 0 Å². The number of halogens is 2. The summed E-state index contributed by atoms with van der Waals surface area (Å²) in [6, 6.07) is 0. The zero-order valence-corrected chi connectivity index (χ0v) is 11.7. The Balaban J connectivity index is 2.73. The summed E-state index contributed by atoms with van der Waals surface area (Å²) in [6.07, 6.45) is -0.670. The molecule has 1 heterocycles. The molecule has 0 bridgehead atoms. The highest BCUT2D eigenvalue weighted by Gasteiger charge is 2.20. The number of thiazole rings is 1. The van der Waals surface area contributed by atoms with Gasteiger partial charge in [-0.25, -0.2) is 9.78 Å². The average Bonchev–Trinajstić information content (AvgIpc) is 2.42. The first-order valence-electron chi connectivity index (χ1n) is 4.55. The van der Waals surface area contributed by atoms with Gasteiger partial charge in [-0.3, -0.25) is 10.1 Å². The summed E-state index contributed by atoms with van der Waals surface area (Å²) in [5.74, 6) is 0.